The van der Waals surface area contributed by atoms with Gasteiger partial charge in [0.1, 0.15) is 12.4 Å². The number of urea groups is 1. The molecule has 7 amide bonds. The molecule has 1 aliphatic heterocycles. The molecule has 0 aliphatic carbocycles. The second kappa shape index (κ2) is 25.9. The lowest BCUT2D eigenvalue weighted by Crippen LogP contribution is -2.46. The number of rotatable bonds is 27. The van der Waals surface area contributed by atoms with Gasteiger partial charge in [0, 0.05) is 63.3 Å². The molecule has 2 rings (SSSR count). The van der Waals surface area contributed by atoms with Gasteiger partial charge >= 0.3 is 12.1 Å². The summed E-state index contributed by atoms with van der Waals surface area (Å²) in [4.78, 5) is 117. The van der Waals surface area contributed by atoms with Crippen molar-refractivity contribution in [3.8, 4) is 0 Å². The van der Waals surface area contributed by atoms with Gasteiger partial charge in [-0.1, -0.05) is 60.1 Å². The Labute approximate surface area is 364 Å². The van der Waals surface area contributed by atoms with Crippen LogP contribution in [0.4, 0.5) is 15.3 Å². The van der Waals surface area contributed by atoms with Crippen molar-refractivity contribution in [2.75, 3.05) is 31.7 Å². The number of likely N-dealkylation sites (N-methyl/N-ethyl adjacent to an activating group) is 1. The van der Waals surface area contributed by atoms with Crippen molar-refractivity contribution in [3.63, 3.8) is 0 Å². The van der Waals surface area contributed by atoms with Gasteiger partial charge in [-0.3, -0.25) is 38.5 Å². The minimum Gasteiger partial charge on any atom is -0.445 e. The summed E-state index contributed by atoms with van der Waals surface area (Å²) in [6.07, 6.45) is 3.62. The van der Waals surface area contributed by atoms with Crippen molar-refractivity contribution in [1.29, 1.82) is 0 Å². The number of unbranched alkanes of at least 4 members (excludes halogenated alkanes) is 2. The number of nitrogens with zero attached hydrogens (tertiary/aromatic N) is 2. The fourth-order valence-electron chi connectivity index (χ4n) is 7.43. The van der Waals surface area contributed by atoms with Gasteiger partial charge < -0.3 is 31.3 Å². The number of imide groups is 1. The maximum atomic E-state index is 13.7. The lowest BCUT2D eigenvalue weighted by molar-refractivity contribution is -0.138. The third kappa shape index (κ3) is 17.2. The Hall–Kier alpha value is -4.80. The number of thioether (sulfide) groups is 1. The highest BCUT2D eigenvalue weighted by Gasteiger charge is 2.38. The Morgan fingerprint density at radius 1 is 0.885 bits per heavy atom. The summed E-state index contributed by atoms with van der Waals surface area (Å²) in [6.45, 7) is 12.9. The van der Waals surface area contributed by atoms with E-state index in [0.717, 1.165) is 0 Å². The zero-order chi connectivity index (χ0) is 46.0. The molecule has 5 atom stereocenters. The van der Waals surface area contributed by atoms with Crippen LogP contribution in [0.2, 0.25) is 0 Å². The first kappa shape index (κ1) is 52.3. The van der Waals surface area contributed by atoms with Crippen molar-refractivity contribution in [2.45, 2.75) is 130 Å². The van der Waals surface area contributed by atoms with Crippen LogP contribution < -0.4 is 21.7 Å². The van der Waals surface area contributed by atoms with E-state index >= 15 is 0 Å². The molecule has 1 aliphatic rings. The van der Waals surface area contributed by atoms with Crippen molar-refractivity contribution in [3.05, 3.63) is 29.8 Å². The molecule has 5 N–H and O–H groups in total. The molecule has 1 aromatic rings. The van der Waals surface area contributed by atoms with Gasteiger partial charge in [0.15, 0.2) is 11.6 Å². The SMILES string of the molecule is CSC1CC(=O)N(CCCCCC(=O)N[C@H](C(=O)C[C@@H](CCCNC(N)=O)C(=O)Nc2ccc(COC(=O)N(C)[C@H](C(=O)C[C@H](C(C)=O)C(C)C)C(C)C)cc2)C(C)C)C1=O. The van der Waals surface area contributed by atoms with Crippen molar-refractivity contribution >= 4 is 70.6 Å². The average Bonchev–Trinajstić information content (AvgIpc) is 3.46. The van der Waals surface area contributed by atoms with E-state index in [1.807, 2.05) is 27.7 Å². The van der Waals surface area contributed by atoms with Gasteiger partial charge in [0.25, 0.3) is 0 Å². The second-order valence-electron chi connectivity index (χ2n) is 16.9. The maximum absolute atomic E-state index is 13.7. The Morgan fingerprint density at radius 2 is 1.54 bits per heavy atom. The molecule has 1 aromatic carbocycles. The van der Waals surface area contributed by atoms with Crippen molar-refractivity contribution in [2.24, 2.45) is 35.3 Å². The molecule has 340 valence electrons. The van der Waals surface area contributed by atoms with Gasteiger partial charge in [0.05, 0.1) is 17.3 Å². The molecule has 0 saturated carbocycles. The van der Waals surface area contributed by atoms with Crippen molar-refractivity contribution in [1.82, 2.24) is 20.4 Å². The number of likely N-dealkylation sites (tertiary alicyclic amines) is 1. The zero-order valence-electron chi connectivity index (χ0n) is 37.4. The van der Waals surface area contributed by atoms with E-state index in [2.05, 4.69) is 16.0 Å². The predicted octanol–water partition coefficient (Wildman–Crippen LogP) is 5.25. The largest absolute Gasteiger partial charge is 0.445 e. The van der Waals surface area contributed by atoms with E-state index in [9.17, 15) is 43.2 Å². The van der Waals surface area contributed by atoms with Crippen LogP contribution in [-0.4, -0.2) is 107 Å². The fraction of sp³-hybridized carbons (Fsp3) is 0.659. The zero-order valence-corrected chi connectivity index (χ0v) is 38.2. The van der Waals surface area contributed by atoms with E-state index in [-0.39, 0.29) is 103 Å². The molecule has 1 heterocycles. The first-order valence-electron chi connectivity index (χ1n) is 21.2. The summed E-state index contributed by atoms with van der Waals surface area (Å²) in [5.41, 5.74) is 6.24. The number of nitrogens with two attached hydrogens (primary N) is 1. The molecule has 0 bridgehead atoms. The number of nitrogens with one attached hydrogen (secondary N) is 3. The van der Waals surface area contributed by atoms with E-state index < -0.39 is 42.0 Å². The van der Waals surface area contributed by atoms with E-state index in [1.165, 1.54) is 35.5 Å². The normalized spacial score (nSPS) is 15.9. The smallest absolute Gasteiger partial charge is 0.410 e. The standard InChI is InChI=1S/C44H68N6O10S/c1-26(2)33(29(7)51)23-35(53)40(28(5)6)49(8)44(59)60-25-30-16-18-32(19-17-30)47-41(56)31(14-13-20-46-43(45)58)22-34(52)39(27(3)4)48-37(54)15-11-10-12-21-50-38(55)24-36(61-9)42(50)57/h16-19,26-28,31,33,36,39-40H,10-15,20-25H2,1-9H3,(H,47,56)(H,48,54)(H3,45,46,58)/t31-,33+,36?,39+,40+/m1/s1. The topological polar surface area (TPSA) is 231 Å². The lowest BCUT2D eigenvalue weighted by atomic mass is 9.84. The molecule has 17 heteroatoms. The number of amides is 7. The highest BCUT2D eigenvalue weighted by molar-refractivity contribution is 8.00. The Morgan fingerprint density at radius 3 is 2.08 bits per heavy atom. The summed E-state index contributed by atoms with van der Waals surface area (Å²) < 4.78 is 5.53. The fourth-order valence-corrected chi connectivity index (χ4v) is 8.07. The minimum atomic E-state index is -0.845. The van der Waals surface area contributed by atoms with E-state index in [1.54, 1.807) is 44.4 Å². The molecule has 16 nitrogen and oxygen atoms in total. The number of ketones is 3. The first-order valence-corrected chi connectivity index (χ1v) is 22.5. The summed E-state index contributed by atoms with van der Waals surface area (Å²) in [5, 5.41) is 7.83. The molecular weight excluding hydrogens is 805 g/mol. The first-order chi connectivity index (χ1) is 28.7. The molecule has 0 aromatic heterocycles. The van der Waals surface area contributed by atoms with Crippen LogP contribution in [-0.2, 0) is 44.9 Å². The number of hydrogen-bond donors (Lipinski definition) is 4. The average molecular weight is 873 g/mol. The van der Waals surface area contributed by atoms with Crippen LogP contribution in [0.3, 0.4) is 0 Å². The third-order valence-corrected chi connectivity index (χ3v) is 11.9. The Balaban J connectivity index is 2.01. The van der Waals surface area contributed by atoms with Gasteiger partial charge in [-0.25, -0.2) is 9.59 Å². The number of benzene rings is 1. The summed E-state index contributed by atoms with van der Waals surface area (Å²) in [5.74, 6) is -3.44. The molecule has 1 unspecified atom stereocenters. The number of carbonyl (C=O) groups is 9. The van der Waals surface area contributed by atoms with Gasteiger partial charge in [-0.05, 0) is 74.3 Å². The highest BCUT2D eigenvalue weighted by Crippen LogP contribution is 2.25. The highest BCUT2D eigenvalue weighted by atomic mass is 32.2. The monoisotopic (exact) mass is 872 g/mol. The van der Waals surface area contributed by atoms with Gasteiger partial charge in [0.2, 0.25) is 23.6 Å². The predicted molar refractivity (Wildman–Crippen MR) is 234 cm³/mol. The number of Topliss-reactive ketones (excluding diaryl/α,β-unsaturated/α-hetero) is 3. The summed E-state index contributed by atoms with van der Waals surface area (Å²) in [6, 6.07) is 4.27. The minimum absolute atomic E-state index is 0.0209. The van der Waals surface area contributed by atoms with Crippen LogP contribution in [0.1, 0.15) is 112 Å². The van der Waals surface area contributed by atoms with E-state index in [0.29, 0.717) is 43.5 Å². The van der Waals surface area contributed by atoms with Gasteiger partial charge in [-0.2, -0.15) is 11.8 Å². The Kier molecular flexibility index (Phi) is 22.2. The van der Waals surface area contributed by atoms with Crippen LogP contribution in [0, 0.1) is 29.6 Å². The molecule has 61 heavy (non-hydrogen) atoms. The second-order valence-corrected chi connectivity index (χ2v) is 17.9. The number of primary amides is 1. The maximum Gasteiger partial charge on any atom is 0.410 e. The molecule has 1 saturated heterocycles. The van der Waals surface area contributed by atoms with Crippen LogP contribution in [0.5, 0.6) is 0 Å². The van der Waals surface area contributed by atoms with Crippen LogP contribution >= 0.6 is 11.8 Å². The number of ether oxygens (including phenoxy) is 1. The third-order valence-electron chi connectivity index (χ3n) is 10.9. The van der Waals surface area contributed by atoms with Gasteiger partial charge in [-0.15, -0.1) is 0 Å². The van der Waals surface area contributed by atoms with Crippen LogP contribution in [0.15, 0.2) is 24.3 Å². The number of carbonyl (C=O) groups excluding carboxylic acids is 9. The van der Waals surface area contributed by atoms with Crippen LogP contribution in [0.25, 0.3) is 0 Å². The molecule has 1 fully saturated rings. The summed E-state index contributed by atoms with van der Waals surface area (Å²) in [7, 11) is 1.50. The van der Waals surface area contributed by atoms with E-state index in [4.69, 9.17) is 10.5 Å². The molecule has 0 radical (unpaired) electrons. The molecule has 0 spiro atoms. The molecular formula is C44H68N6O10S. The number of anilines is 1. The quantitative estimate of drug-likeness (QED) is 0.0659. The Bertz CT molecular complexity index is 1700. The summed E-state index contributed by atoms with van der Waals surface area (Å²) >= 11 is 1.36. The van der Waals surface area contributed by atoms with Crippen molar-refractivity contribution < 1.29 is 47.9 Å². The lowest BCUT2D eigenvalue weighted by Gasteiger charge is -2.31. The number of hydrogen-bond acceptors (Lipinski definition) is 11.